The van der Waals surface area contributed by atoms with Gasteiger partial charge in [-0.25, -0.2) is 0 Å². The van der Waals surface area contributed by atoms with E-state index < -0.39 is 0 Å². The fourth-order valence-corrected chi connectivity index (χ4v) is 1.44. The van der Waals surface area contributed by atoms with Crippen molar-refractivity contribution in [2.45, 2.75) is 19.4 Å². The van der Waals surface area contributed by atoms with Crippen LogP contribution in [0.15, 0.2) is 22.7 Å². The van der Waals surface area contributed by atoms with Crippen molar-refractivity contribution in [1.29, 1.82) is 0 Å². The summed E-state index contributed by atoms with van der Waals surface area (Å²) in [7, 11) is 0. The van der Waals surface area contributed by atoms with Gasteiger partial charge in [0.05, 0.1) is 10.6 Å². The van der Waals surface area contributed by atoms with Crippen LogP contribution >= 0.6 is 15.9 Å². The van der Waals surface area contributed by atoms with Crippen molar-refractivity contribution >= 4 is 15.9 Å². The average Bonchev–Trinajstić information content (AvgIpc) is 1.96. The van der Waals surface area contributed by atoms with Gasteiger partial charge in [-0.05, 0) is 47.0 Å². The molecule has 0 aromatic heterocycles. The predicted molar refractivity (Wildman–Crippen MR) is 51.2 cm³/mol. The Kier molecular flexibility index (Phi) is 3.12. The molecule has 1 aromatic rings. The summed E-state index contributed by atoms with van der Waals surface area (Å²) < 4.78 is 0.667. The topological polar surface area (TPSA) is 40.5 Å². The van der Waals surface area contributed by atoms with Crippen LogP contribution in [0, 0.1) is 0 Å². The van der Waals surface area contributed by atoms with Crippen LogP contribution in [0.3, 0.4) is 0 Å². The van der Waals surface area contributed by atoms with E-state index in [-0.39, 0.29) is 11.9 Å². The van der Waals surface area contributed by atoms with Gasteiger partial charge in [0.25, 0.3) is 0 Å². The highest BCUT2D eigenvalue weighted by Crippen LogP contribution is 2.24. The maximum atomic E-state index is 9.17. The van der Waals surface area contributed by atoms with Crippen molar-refractivity contribution in [3.05, 3.63) is 28.2 Å². The molecular formula is C9H11BrO2. The number of aromatic hydroxyl groups is 1. The molecule has 0 heterocycles. The summed E-state index contributed by atoms with van der Waals surface area (Å²) in [5.74, 6) is 0.226. The monoisotopic (exact) mass is 230 g/mol. The summed E-state index contributed by atoms with van der Waals surface area (Å²) in [6.07, 6.45) is 0.264. The van der Waals surface area contributed by atoms with Gasteiger partial charge in [0, 0.05) is 0 Å². The fourth-order valence-electron chi connectivity index (χ4n) is 1.02. The third kappa shape index (κ3) is 2.50. The number of aliphatic hydroxyl groups excluding tert-OH is 1. The quantitative estimate of drug-likeness (QED) is 0.817. The highest BCUT2D eigenvalue weighted by Gasteiger charge is 2.02. The minimum atomic E-state index is -0.346. The molecule has 12 heavy (non-hydrogen) atoms. The molecule has 0 aliphatic heterocycles. The Bertz CT molecular complexity index is 271. The lowest BCUT2D eigenvalue weighted by Gasteiger charge is -2.05. The minimum Gasteiger partial charge on any atom is -0.507 e. The van der Waals surface area contributed by atoms with E-state index in [1.165, 1.54) is 0 Å². The molecule has 0 saturated carbocycles. The highest BCUT2D eigenvalue weighted by molar-refractivity contribution is 9.10. The number of phenolic OH excluding ortho intramolecular Hbond substituents is 1. The van der Waals surface area contributed by atoms with E-state index in [9.17, 15) is 0 Å². The molecule has 2 N–H and O–H groups in total. The van der Waals surface area contributed by atoms with Gasteiger partial charge in [-0.15, -0.1) is 0 Å². The molecule has 3 heteroatoms. The van der Waals surface area contributed by atoms with Crippen molar-refractivity contribution < 1.29 is 10.2 Å². The van der Waals surface area contributed by atoms with Crippen LogP contribution in [0.4, 0.5) is 0 Å². The second kappa shape index (κ2) is 3.92. The van der Waals surface area contributed by atoms with Crippen molar-refractivity contribution in [3.8, 4) is 5.75 Å². The SMILES string of the molecule is C[C@@H](O)Cc1ccc(O)c(Br)c1. The van der Waals surface area contributed by atoms with E-state index in [0.717, 1.165) is 5.56 Å². The molecule has 0 aliphatic carbocycles. The molecule has 1 aromatic carbocycles. The van der Waals surface area contributed by atoms with Gasteiger partial charge in [-0.2, -0.15) is 0 Å². The predicted octanol–water partition coefficient (Wildman–Crippen LogP) is 2.08. The van der Waals surface area contributed by atoms with Gasteiger partial charge < -0.3 is 10.2 Å². The molecule has 1 rings (SSSR count). The third-order valence-electron chi connectivity index (χ3n) is 1.54. The lowest BCUT2D eigenvalue weighted by molar-refractivity contribution is 0.195. The molecular weight excluding hydrogens is 220 g/mol. The zero-order chi connectivity index (χ0) is 9.14. The van der Waals surface area contributed by atoms with E-state index in [4.69, 9.17) is 10.2 Å². The van der Waals surface area contributed by atoms with E-state index in [1.54, 1.807) is 19.1 Å². The summed E-state index contributed by atoms with van der Waals surface area (Å²) in [5.41, 5.74) is 1.01. The molecule has 2 nitrogen and oxygen atoms in total. The minimum absolute atomic E-state index is 0.226. The molecule has 0 spiro atoms. The Morgan fingerprint density at radius 3 is 2.67 bits per heavy atom. The normalized spacial score (nSPS) is 12.9. The number of hydrogen-bond donors (Lipinski definition) is 2. The summed E-state index contributed by atoms with van der Waals surface area (Å²) in [4.78, 5) is 0. The zero-order valence-corrected chi connectivity index (χ0v) is 8.37. The first-order valence-corrected chi connectivity index (χ1v) is 4.54. The summed E-state index contributed by atoms with van der Waals surface area (Å²) in [6.45, 7) is 1.74. The summed E-state index contributed by atoms with van der Waals surface area (Å²) in [6, 6.07) is 5.22. The molecule has 0 radical (unpaired) electrons. The Morgan fingerprint density at radius 1 is 1.50 bits per heavy atom. The lowest BCUT2D eigenvalue weighted by Crippen LogP contribution is -2.03. The van der Waals surface area contributed by atoms with Gasteiger partial charge in [0.1, 0.15) is 5.75 Å². The summed E-state index contributed by atoms with van der Waals surface area (Å²) in [5, 5.41) is 18.3. The standard InChI is InChI=1S/C9H11BrO2/c1-6(11)4-7-2-3-9(12)8(10)5-7/h2-3,5-6,11-12H,4H2,1H3/t6-/m1/s1. The van der Waals surface area contributed by atoms with Gasteiger partial charge in [0.15, 0.2) is 0 Å². The molecule has 1 atom stereocenters. The van der Waals surface area contributed by atoms with Crippen LogP contribution < -0.4 is 0 Å². The van der Waals surface area contributed by atoms with Crippen LogP contribution in [0.5, 0.6) is 5.75 Å². The van der Waals surface area contributed by atoms with Crippen molar-refractivity contribution in [2.24, 2.45) is 0 Å². The Morgan fingerprint density at radius 2 is 2.17 bits per heavy atom. The van der Waals surface area contributed by atoms with Crippen LogP contribution in [-0.2, 0) is 6.42 Å². The first kappa shape index (κ1) is 9.55. The second-order valence-corrected chi connectivity index (χ2v) is 3.69. The molecule has 0 unspecified atom stereocenters. The number of rotatable bonds is 2. The van der Waals surface area contributed by atoms with E-state index in [2.05, 4.69) is 15.9 Å². The number of halogens is 1. The van der Waals surface area contributed by atoms with Crippen molar-refractivity contribution in [2.75, 3.05) is 0 Å². The average molecular weight is 231 g/mol. The van der Waals surface area contributed by atoms with Crippen LogP contribution in [0.25, 0.3) is 0 Å². The first-order chi connectivity index (χ1) is 5.59. The van der Waals surface area contributed by atoms with Crippen LogP contribution in [0.1, 0.15) is 12.5 Å². The molecule has 0 saturated heterocycles. The smallest absolute Gasteiger partial charge is 0.129 e. The Hall–Kier alpha value is -0.540. The van der Waals surface area contributed by atoms with Crippen LogP contribution in [0.2, 0.25) is 0 Å². The lowest BCUT2D eigenvalue weighted by atomic mass is 10.1. The molecule has 0 bridgehead atoms. The van der Waals surface area contributed by atoms with E-state index in [0.29, 0.717) is 10.9 Å². The summed E-state index contributed by atoms with van der Waals surface area (Å²) >= 11 is 3.20. The van der Waals surface area contributed by atoms with Gasteiger partial charge in [0.2, 0.25) is 0 Å². The molecule has 0 fully saturated rings. The molecule has 0 amide bonds. The maximum Gasteiger partial charge on any atom is 0.129 e. The van der Waals surface area contributed by atoms with Crippen molar-refractivity contribution in [3.63, 3.8) is 0 Å². The van der Waals surface area contributed by atoms with Gasteiger partial charge in [-0.3, -0.25) is 0 Å². The zero-order valence-electron chi connectivity index (χ0n) is 6.79. The van der Waals surface area contributed by atoms with Gasteiger partial charge in [-0.1, -0.05) is 6.07 Å². The maximum absolute atomic E-state index is 9.17. The Labute approximate surface area is 80.0 Å². The largest absolute Gasteiger partial charge is 0.507 e. The van der Waals surface area contributed by atoms with E-state index in [1.807, 2.05) is 6.07 Å². The number of phenols is 1. The number of aliphatic hydroxyl groups is 1. The fraction of sp³-hybridized carbons (Fsp3) is 0.333. The molecule has 0 aliphatic rings. The first-order valence-electron chi connectivity index (χ1n) is 3.75. The van der Waals surface area contributed by atoms with Crippen molar-refractivity contribution in [1.82, 2.24) is 0 Å². The number of benzene rings is 1. The Balaban J connectivity index is 2.82. The number of hydrogen-bond acceptors (Lipinski definition) is 2. The second-order valence-electron chi connectivity index (χ2n) is 2.84. The highest BCUT2D eigenvalue weighted by atomic mass is 79.9. The van der Waals surface area contributed by atoms with E-state index >= 15 is 0 Å². The van der Waals surface area contributed by atoms with Gasteiger partial charge >= 0.3 is 0 Å². The third-order valence-corrected chi connectivity index (χ3v) is 2.18. The molecule has 66 valence electrons. The van der Waals surface area contributed by atoms with Crippen LogP contribution in [-0.4, -0.2) is 16.3 Å².